The number of benzene rings is 2. The highest BCUT2D eigenvalue weighted by molar-refractivity contribution is 6.46. The van der Waals surface area contributed by atoms with Gasteiger partial charge in [0, 0.05) is 17.1 Å². The molecule has 1 aliphatic heterocycles. The maximum Gasteiger partial charge on any atom is 0.336 e. The summed E-state index contributed by atoms with van der Waals surface area (Å²) in [5.74, 6) is -1.54. The highest BCUT2D eigenvalue weighted by Crippen LogP contribution is 2.34. The van der Waals surface area contributed by atoms with Crippen molar-refractivity contribution < 1.29 is 14.4 Å². The standard InChI is InChI=1S/C25H21Cl2N3O3/c1-4-16-8-5-6-10-20(16)29-14(2)12-17(15(29)3)13-18-23(31)28-25(33)30(24(18)32)21-11-7-9-19(26)22(21)27/h5-13H,4H2,1-3H3,(H,28,31,33)/b18-13+. The van der Waals surface area contributed by atoms with E-state index in [1.54, 1.807) is 12.1 Å². The molecule has 33 heavy (non-hydrogen) atoms. The maximum atomic E-state index is 13.3. The fourth-order valence-corrected chi connectivity index (χ4v) is 4.41. The van der Waals surface area contributed by atoms with E-state index in [1.165, 1.54) is 17.7 Å². The second kappa shape index (κ2) is 8.89. The molecule has 0 radical (unpaired) electrons. The summed E-state index contributed by atoms with van der Waals surface area (Å²) in [7, 11) is 0. The highest BCUT2D eigenvalue weighted by Gasteiger charge is 2.38. The highest BCUT2D eigenvalue weighted by atomic mass is 35.5. The van der Waals surface area contributed by atoms with Crippen molar-refractivity contribution in [2.24, 2.45) is 0 Å². The number of hydrogen-bond acceptors (Lipinski definition) is 3. The number of urea groups is 1. The predicted molar refractivity (Wildman–Crippen MR) is 130 cm³/mol. The third-order valence-corrected chi connectivity index (χ3v) is 6.47. The molecule has 0 atom stereocenters. The van der Waals surface area contributed by atoms with E-state index >= 15 is 0 Å². The molecule has 1 saturated heterocycles. The summed E-state index contributed by atoms with van der Waals surface area (Å²) in [5.41, 5.74) is 4.67. The number of amides is 4. The Kier molecular flexibility index (Phi) is 6.15. The molecule has 4 rings (SSSR count). The lowest BCUT2D eigenvalue weighted by Crippen LogP contribution is -2.54. The van der Waals surface area contributed by atoms with Crippen LogP contribution in [0.5, 0.6) is 0 Å². The first-order valence-corrected chi connectivity index (χ1v) is 11.1. The zero-order valence-corrected chi connectivity index (χ0v) is 19.8. The molecule has 168 valence electrons. The van der Waals surface area contributed by atoms with Crippen LogP contribution in [-0.4, -0.2) is 22.4 Å². The Morgan fingerprint density at radius 2 is 1.67 bits per heavy atom. The van der Waals surface area contributed by atoms with Crippen molar-refractivity contribution in [1.29, 1.82) is 0 Å². The van der Waals surface area contributed by atoms with Crippen LogP contribution in [0.4, 0.5) is 10.5 Å². The molecule has 1 N–H and O–H groups in total. The number of halogens is 2. The second-order valence-corrected chi connectivity index (χ2v) is 8.46. The number of imide groups is 2. The third-order valence-electron chi connectivity index (χ3n) is 5.66. The van der Waals surface area contributed by atoms with Gasteiger partial charge in [0.1, 0.15) is 5.57 Å². The molecule has 3 aromatic rings. The summed E-state index contributed by atoms with van der Waals surface area (Å²) < 4.78 is 2.09. The van der Waals surface area contributed by atoms with Crippen molar-refractivity contribution in [2.75, 3.05) is 4.90 Å². The lowest BCUT2D eigenvalue weighted by molar-refractivity contribution is -0.122. The van der Waals surface area contributed by atoms with Crippen LogP contribution in [0.15, 0.2) is 54.1 Å². The fraction of sp³-hybridized carbons (Fsp3) is 0.160. The van der Waals surface area contributed by atoms with Crippen LogP contribution in [0.2, 0.25) is 10.0 Å². The molecule has 6 nitrogen and oxygen atoms in total. The van der Waals surface area contributed by atoms with Gasteiger partial charge in [-0.25, -0.2) is 9.69 Å². The number of aryl methyl sites for hydroxylation is 2. The van der Waals surface area contributed by atoms with Crippen LogP contribution >= 0.6 is 23.2 Å². The number of barbiturate groups is 1. The monoisotopic (exact) mass is 481 g/mol. The minimum absolute atomic E-state index is 0.0470. The molecule has 0 spiro atoms. The predicted octanol–water partition coefficient (Wildman–Crippen LogP) is 5.63. The molecule has 2 heterocycles. The SMILES string of the molecule is CCc1ccccc1-n1c(C)cc(/C=C2\C(=O)NC(=O)N(c3cccc(Cl)c3Cl)C2=O)c1C. The Hall–Kier alpha value is -3.35. The van der Waals surface area contributed by atoms with Gasteiger partial charge >= 0.3 is 6.03 Å². The average molecular weight is 482 g/mol. The van der Waals surface area contributed by atoms with Gasteiger partial charge in [-0.05, 0) is 61.7 Å². The summed E-state index contributed by atoms with van der Waals surface area (Å²) in [4.78, 5) is 39.2. The van der Waals surface area contributed by atoms with Gasteiger partial charge in [0.25, 0.3) is 11.8 Å². The molecule has 1 aromatic heterocycles. The Labute approximate surface area is 201 Å². The first kappa shape index (κ1) is 22.8. The molecule has 2 aromatic carbocycles. The van der Waals surface area contributed by atoms with Crippen molar-refractivity contribution in [2.45, 2.75) is 27.2 Å². The average Bonchev–Trinajstić information content (AvgIpc) is 3.06. The van der Waals surface area contributed by atoms with Crippen LogP contribution in [0.3, 0.4) is 0 Å². The fourth-order valence-electron chi connectivity index (χ4n) is 4.03. The molecular weight excluding hydrogens is 461 g/mol. The third kappa shape index (κ3) is 3.96. The summed E-state index contributed by atoms with van der Waals surface area (Å²) in [6, 6.07) is 13.7. The van der Waals surface area contributed by atoms with E-state index < -0.39 is 17.8 Å². The number of hydrogen-bond donors (Lipinski definition) is 1. The summed E-state index contributed by atoms with van der Waals surface area (Å²) in [6.07, 6.45) is 2.37. The molecule has 0 saturated carbocycles. The normalized spacial score (nSPS) is 15.4. The van der Waals surface area contributed by atoms with E-state index in [4.69, 9.17) is 23.2 Å². The second-order valence-electron chi connectivity index (χ2n) is 7.67. The van der Waals surface area contributed by atoms with E-state index in [-0.39, 0.29) is 21.3 Å². The van der Waals surface area contributed by atoms with E-state index in [0.29, 0.717) is 5.56 Å². The van der Waals surface area contributed by atoms with Gasteiger partial charge in [-0.1, -0.05) is 54.4 Å². The van der Waals surface area contributed by atoms with Gasteiger partial charge in [0.05, 0.1) is 15.7 Å². The number of anilines is 1. The molecule has 1 fully saturated rings. The first-order chi connectivity index (χ1) is 15.7. The molecule has 0 aliphatic carbocycles. The Morgan fingerprint density at radius 3 is 2.39 bits per heavy atom. The summed E-state index contributed by atoms with van der Waals surface area (Å²) >= 11 is 12.3. The van der Waals surface area contributed by atoms with Crippen LogP contribution < -0.4 is 10.2 Å². The summed E-state index contributed by atoms with van der Waals surface area (Å²) in [6.45, 7) is 5.98. The van der Waals surface area contributed by atoms with Gasteiger partial charge < -0.3 is 4.57 Å². The lowest BCUT2D eigenvalue weighted by atomic mass is 10.1. The Morgan fingerprint density at radius 1 is 0.970 bits per heavy atom. The van der Waals surface area contributed by atoms with E-state index in [9.17, 15) is 14.4 Å². The number of carbonyl (C=O) groups excluding carboxylic acids is 3. The molecule has 1 aliphatic rings. The van der Waals surface area contributed by atoms with Crippen molar-refractivity contribution in [1.82, 2.24) is 9.88 Å². The number of carbonyl (C=O) groups is 3. The topological polar surface area (TPSA) is 71.4 Å². The quantitative estimate of drug-likeness (QED) is 0.387. The molecule has 0 unspecified atom stereocenters. The van der Waals surface area contributed by atoms with E-state index in [1.807, 2.05) is 38.1 Å². The molecule has 4 amide bonds. The minimum Gasteiger partial charge on any atom is -0.318 e. The Balaban J connectivity index is 1.80. The van der Waals surface area contributed by atoms with Crippen LogP contribution in [-0.2, 0) is 16.0 Å². The van der Waals surface area contributed by atoms with Gasteiger partial charge in [-0.3, -0.25) is 14.9 Å². The number of rotatable bonds is 4. The lowest BCUT2D eigenvalue weighted by Gasteiger charge is -2.27. The zero-order chi connectivity index (χ0) is 23.9. The molecule has 8 heteroatoms. The van der Waals surface area contributed by atoms with Crippen LogP contribution in [0, 0.1) is 13.8 Å². The van der Waals surface area contributed by atoms with Crippen molar-refractivity contribution in [3.8, 4) is 5.69 Å². The van der Waals surface area contributed by atoms with Gasteiger partial charge in [0.15, 0.2) is 0 Å². The van der Waals surface area contributed by atoms with Gasteiger partial charge in [-0.2, -0.15) is 0 Å². The van der Waals surface area contributed by atoms with E-state index in [2.05, 4.69) is 22.9 Å². The number of aromatic nitrogens is 1. The van der Waals surface area contributed by atoms with Gasteiger partial charge in [-0.15, -0.1) is 0 Å². The Bertz CT molecular complexity index is 1340. The van der Waals surface area contributed by atoms with E-state index in [0.717, 1.165) is 28.4 Å². The van der Waals surface area contributed by atoms with Gasteiger partial charge in [0.2, 0.25) is 0 Å². The molecule has 0 bridgehead atoms. The first-order valence-electron chi connectivity index (χ1n) is 10.4. The molecular formula is C25H21Cl2N3O3. The van der Waals surface area contributed by atoms with Crippen molar-refractivity contribution in [3.63, 3.8) is 0 Å². The summed E-state index contributed by atoms with van der Waals surface area (Å²) in [5, 5.41) is 2.45. The smallest absolute Gasteiger partial charge is 0.318 e. The van der Waals surface area contributed by atoms with Crippen LogP contribution in [0.1, 0.15) is 29.4 Å². The largest absolute Gasteiger partial charge is 0.336 e. The zero-order valence-electron chi connectivity index (χ0n) is 18.3. The van der Waals surface area contributed by atoms with Crippen molar-refractivity contribution in [3.05, 3.63) is 86.7 Å². The number of para-hydroxylation sites is 1. The maximum absolute atomic E-state index is 13.3. The van der Waals surface area contributed by atoms with Crippen molar-refractivity contribution >= 4 is 52.8 Å². The van der Waals surface area contributed by atoms with Crippen LogP contribution in [0.25, 0.3) is 11.8 Å². The minimum atomic E-state index is -0.881. The number of nitrogens with zero attached hydrogens (tertiary/aromatic N) is 2. The number of nitrogens with one attached hydrogen (secondary N) is 1.